The van der Waals surface area contributed by atoms with Crippen molar-refractivity contribution in [1.29, 1.82) is 0 Å². The van der Waals surface area contributed by atoms with E-state index in [0.717, 1.165) is 120 Å². The summed E-state index contributed by atoms with van der Waals surface area (Å²) in [4.78, 5) is 1.18. The number of nitrogens with one attached hydrogen (secondary N) is 2. The monoisotopic (exact) mass is 810 g/mol. The van der Waals surface area contributed by atoms with Gasteiger partial charge in [-0.1, -0.05) is 108 Å². The van der Waals surface area contributed by atoms with Crippen molar-refractivity contribution in [3.63, 3.8) is 0 Å². The van der Waals surface area contributed by atoms with Gasteiger partial charge in [-0.2, -0.15) is 0 Å². The molecule has 0 saturated carbocycles. The van der Waals surface area contributed by atoms with Crippen LogP contribution in [0.5, 0.6) is 0 Å². The Hall–Kier alpha value is -5.26. The molecule has 2 N–H and O–H groups in total. The second-order valence-electron chi connectivity index (χ2n) is 14.4. The third-order valence-corrected chi connectivity index (χ3v) is 12.0. The van der Waals surface area contributed by atoms with E-state index < -0.39 is 0 Å². The maximum absolute atomic E-state index is 6.27. The van der Waals surface area contributed by atoms with E-state index in [-0.39, 0.29) is 0 Å². The van der Waals surface area contributed by atoms with Gasteiger partial charge in [0.1, 0.15) is 32.7 Å². The summed E-state index contributed by atoms with van der Waals surface area (Å²) < 4.78 is 8.89. The first-order valence-corrected chi connectivity index (χ1v) is 20.5. The minimum absolute atomic E-state index is 0.592. The standard InChI is InChI=1S/C44H36Cl2N8S2/c45-29-17-21-31(22-18-29)47-41(55)37-35(27-11-3-1-4-12-27)33-15-7-9-25-51-39(49-53(37)43(33)51)40-50-54-38(42(56)48-32-23-19-30(46)20-24-32)36(28-13-5-2-6-14-28)34-16-8-10-26-52(40)44(34)54/h1-6,11-14,17-24H,7-10,15-16,25-26H2,(H,47,55)(H,48,56). The Morgan fingerprint density at radius 1 is 0.518 bits per heavy atom. The summed E-state index contributed by atoms with van der Waals surface area (Å²) in [6.45, 7) is 1.63. The van der Waals surface area contributed by atoms with Crippen LogP contribution < -0.4 is 10.6 Å². The fourth-order valence-electron chi connectivity index (χ4n) is 8.51. The normalized spacial score (nSPS) is 13.8. The molecule has 56 heavy (non-hydrogen) atoms. The largest absolute Gasteiger partial charge is 0.345 e. The van der Waals surface area contributed by atoms with Gasteiger partial charge < -0.3 is 19.8 Å². The fourth-order valence-corrected chi connectivity index (χ4v) is 9.37. The van der Waals surface area contributed by atoms with Crippen molar-refractivity contribution in [2.24, 2.45) is 0 Å². The number of hydrogen-bond donors (Lipinski definition) is 2. The van der Waals surface area contributed by atoms with E-state index in [9.17, 15) is 0 Å². The quantitative estimate of drug-likeness (QED) is 0.156. The molecule has 4 aromatic heterocycles. The predicted molar refractivity (Wildman–Crippen MR) is 236 cm³/mol. The van der Waals surface area contributed by atoms with Gasteiger partial charge in [0.05, 0.1) is 0 Å². The molecule has 0 aliphatic carbocycles. The number of nitrogens with zero attached hydrogens (tertiary/aromatic N) is 6. The van der Waals surface area contributed by atoms with Gasteiger partial charge >= 0.3 is 0 Å². The van der Waals surface area contributed by atoms with E-state index in [0.29, 0.717) is 20.0 Å². The first kappa shape index (κ1) is 35.2. The summed E-state index contributed by atoms with van der Waals surface area (Å²) in [6.07, 6.45) is 5.97. The van der Waals surface area contributed by atoms with Gasteiger partial charge in [0.15, 0.2) is 0 Å². The lowest BCUT2D eigenvalue weighted by molar-refractivity contribution is 0.625. The summed E-state index contributed by atoms with van der Waals surface area (Å²) in [6, 6.07) is 36.3. The number of rotatable bonds is 7. The molecule has 0 unspecified atom stereocenters. The molecule has 0 bridgehead atoms. The number of anilines is 2. The molecule has 8 nitrogen and oxygen atoms in total. The maximum Gasteiger partial charge on any atom is 0.200 e. The molecule has 0 spiro atoms. The number of halogens is 2. The second-order valence-corrected chi connectivity index (χ2v) is 16.1. The van der Waals surface area contributed by atoms with Crippen LogP contribution in [-0.4, -0.2) is 38.3 Å². The molecule has 12 heteroatoms. The zero-order valence-electron chi connectivity index (χ0n) is 30.3. The van der Waals surface area contributed by atoms with Gasteiger partial charge in [-0.05, 0) is 98.2 Å². The first-order chi connectivity index (χ1) is 27.4. The van der Waals surface area contributed by atoms with Crippen molar-refractivity contribution < 1.29 is 0 Å². The van der Waals surface area contributed by atoms with Crippen molar-refractivity contribution in [2.45, 2.75) is 51.6 Å². The SMILES string of the molecule is S=C(Nc1ccc(Cl)cc1)c1c(-c2ccccc2)c2c3n(c(-c4nn5c(C(=S)Nc6ccc(Cl)cc6)c(-c6ccccc6)c6c5n4CCCC6)nn13)CCCC2. The molecule has 0 amide bonds. The lowest BCUT2D eigenvalue weighted by atomic mass is 9.98. The van der Waals surface area contributed by atoms with Crippen LogP contribution in [0.4, 0.5) is 11.4 Å². The molecule has 8 aromatic rings. The molecule has 0 radical (unpaired) electrons. The number of aryl methyl sites for hydroxylation is 4. The van der Waals surface area contributed by atoms with E-state index in [4.69, 9.17) is 57.8 Å². The van der Waals surface area contributed by atoms with Crippen LogP contribution in [0.15, 0.2) is 109 Å². The molecular weight excluding hydrogens is 776 g/mol. The summed E-state index contributed by atoms with van der Waals surface area (Å²) in [5.74, 6) is 1.64. The lowest BCUT2D eigenvalue weighted by Gasteiger charge is -2.12. The highest BCUT2D eigenvalue weighted by atomic mass is 35.5. The smallest absolute Gasteiger partial charge is 0.200 e. The average Bonchev–Trinajstić information content (AvgIpc) is 3.83. The van der Waals surface area contributed by atoms with Gasteiger partial charge in [-0.25, -0.2) is 9.03 Å². The molecule has 2 aliphatic heterocycles. The number of hydrogen-bond acceptors (Lipinski definition) is 4. The lowest BCUT2D eigenvalue weighted by Crippen LogP contribution is -2.15. The van der Waals surface area contributed by atoms with E-state index in [2.05, 4.69) is 89.5 Å². The highest BCUT2D eigenvalue weighted by Crippen LogP contribution is 2.42. The number of benzene rings is 4. The molecule has 0 fully saturated rings. The highest BCUT2D eigenvalue weighted by Gasteiger charge is 2.34. The summed E-state index contributed by atoms with van der Waals surface area (Å²) in [7, 11) is 0. The zero-order valence-corrected chi connectivity index (χ0v) is 33.4. The second kappa shape index (κ2) is 14.4. The Labute approximate surface area is 344 Å². The fraction of sp³-hybridized carbons (Fsp3) is 0.182. The molecule has 2 aliphatic rings. The maximum atomic E-state index is 6.27. The van der Waals surface area contributed by atoms with Crippen LogP contribution in [0, 0.1) is 0 Å². The van der Waals surface area contributed by atoms with Gasteiger partial charge in [-0.3, -0.25) is 0 Å². The van der Waals surface area contributed by atoms with Crippen LogP contribution in [0.3, 0.4) is 0 Å². The Morgan fingerprint density at radius 3 is 1.30 bits per heavy atom. The third kappa shape index (κ3) is 5.94. The zero-order chi connectivity index (χ0) is 37.9. The van der Waals surface area contributed by atoms with Gasteiger partial charge in [-0.15, -0.1) is 10.2 Å². The van der Waals surface area contributed by atoms with E-state index in [1.54, 1.807) is 0 Å². The van der Waals surface area contributed by atoms with Gasteiger partial charge in [0.25, 0.3) is 0 Å². The molecule has 10 rings (SSSR count). The molecule has 0 atom stereocenters. The first-order valence-electron chi connectivity index (χ1n) is 19.0. The molecule has 0 saturated heterocycles. The van der Waals surface area contributed by atoms with E-state index >= 15 is 0 Å². The van der Waals surface area contributed by atoms with Gasteiger partial charge in [0.2, 0.25) is 11.6 Å². The number of aromatic nitrogens is 6. The topological polar surface area (TPSA) is 68.5 Å². The Kier molecular flexibility index (Phi) is 9.01. The van der Waals surface area contributed by atoms with Crippen LogP contribution >= 0.6 is 47.6 Å². The third-order valence-electron chi connectivity index (χ3n) is 10.9. The Balaban J connectivity index is 1.20. The molecular formula is C44H36Cl2N8S2. The van der Waals surface area contributed by atoms with Crippen LogP contribution in [0.1, 0.15) is 48.2 Å². The Bertz CT molecular complexity index is 2600. The van der Waals surface area contributed by atoms with Crippen LogP contribution in [-0.2, 0) is 25.9 Å². The number of thiocarbonyl (C=S) groups is 2. The summed E-state index contributed by atoms with van der Waals surface area (Å²) in [5.41, 5.74) is 12.5. The summed E-state index contributed by atoms with van der Waals surface area (Å²) >= 11 is 25.0. The van der Waals surface area contributed by atoms with Crippen molar-refractivity contribution in [3.05, 3.63) is 142 Å². The predicted octanol–water partition coefficient (Wildman–Crippen LogP) is 11.1. The van der Waals surface area contributed by atoms with E-state index in [1.807, 2.05) is 48.5 Å². The Morgan fingerprint density at radius 2 is 0.911 bits per heavy atom. The average molecular weight is 812 g/mol. The molecule has 4 aromatic carbocycles. The minimum Gasteiger partial charge on any atom is -0.345 e. The van der Waals surface area contributed by atoms with E-state index in [1.165, 1.54) is 11.1 Å². The van der Waals surface area contributed by atoms with Crippen molar-refractivity contribution in [3.8, 4) is 33.9 Å². The van der Waals surface area contributed by atoms with Crippen molar-refractivity contribution in [1.82, 2.24) is 28.4 Å². The van der Waals surface area contributed by atoms with Crippen LogP contribution in [0.25, 0.3) is 45.2 Å². The van der Waals surface area contributed by atoms with Gasteiger partial charge in [0, 0.05) is 56.8 Å². The molecule has 278 valence electrons. The molecule has 6 heterocycles. The van der Waals surface area contributed by atoms with Crippen LogP contribution in [0.2, 0.25) is 10.0 Å². The summed E-state index contributed by atoms with van der Waals surface area (Å²) in [5, 5.41) is 19.3. The van der Waals surface area contributed by atoms with Crippen molar-refractivity contribution >= 4 is 80.3 Å². The minimum atomic E-state index is 0.592. The highest BCUT2D eigenvalue weighted by molar-refractivity contribution is 7.81. The van der Waals surface area contributed by atoms with Crippen molar-refractivity contribution in [2.75, 3.05) is 10.6 Å².